The maximum absolute atomic E-state index is 10.4. The van der Waals surface area contributed by atoms with Crippen molar-refractivity contribution in [3.8, 4) is 0 Å². The molecule has 28 heavy (non-hydrogen) atoms. The van der Waals surface area contributed by atoms with E-state index < -0.39 is 50.1 Å². The molecule has 0 heterocycles. The first-order valence-corrected chi connectivity index (χ1v) is 6.81. The summed E-state index contributed by atoms with van der Waals surface area (Å²) in [7, 11) is 0. The largest absolute Gasteiger partial charge is 5.00 e. The maximum atomic E-state index is 10.4. The van der Waals surface area contributed by atoms with E-state index in [1.54, 1.807) is 0 Å². The van der Waals surface area contributed by atoms with Gasteiger partial charge in [0.25, 0.3) is 0 Å². The summed E-state index contributed by atoms with van der Waals surface area (Å²) in [5.41, 5.74) is 9.17. The Bertz CT molecular complexity index is 421. The smallest absolute Gasteiger partial charge is 0.549 e. The van der Waals surface area contributed by atoms with Crippen molar-refractivity contribution < 1.29 is 73.0 Å². The number of nitrogens with two attached hydrogens (primary N) is 3. The van der Waals surface area contributed by atoms with Gasteiger partial charge in [-0.25, -0.2) is 0 Å². The van der Waals surface area contributed by atoms with Gasteiger partial charge in [0.2, 0.25) is 0 Å². The average molecular weight is 454 g/mol. The fourth-order valence-electron chi connectivity index (χ4n) is 1.68. The van der Waals surface area contributed by atoms with Crippen LogP contribution < -0.4 is 37.3 Å². The summed E-state index contributed by atoms with van der Waals surface area (Å²) in [6.07, 6.45) is 0.140. The minimum atomic E-state index is -1.47. The molecule has 15 nitrogen and oxygen atoms in total. The van der Waals surface area contributed by atoms with Crippen LogP contribution in [0.25, 0.3) is 0 Å². The normalized spacial score (nSPS) is 8.93. The van der Waals surface area contributed by atoms with E-state index in [0.29, 0.717) is 0 Å². The number of rotatable bonds is 12. The first-order chi connectivity index (χ1) is 11.4. The van der Waals surface area contributed by atoms with Crippen LogP contribution in [0.15, 0.2) is 0 Å². The summed E-state index contributed by atoms with van der Waals surface area (Å²) in [6.45, 7) is -2.55. The predicted molar refractivity (Wildman–Crippen MR) is 80.1 cm³/mol. The van der Waals surface area contributed by atoms with Gasteiger partial charge in [0.15, 0.2) is 0 Å². The molecule has 0 aliphatic rings. The van der Waals surface area contributed by atoms with Crippen molar-refractivity contribution in [2.45, 2.75) is 6.42 Å². The molecule has 163 valence electrons. The minimum Gasteiger partial charge on any atom is -0.549 e. The van der Waals surface area contributed by atoms with Crippen molar-refractivity contribution >= 4 is 29.8 Å². The van der Waals surface area contributed by atoms with Crippen molar-refractivity contribution in [1.82, 2.24) is 9.80 Å². The number of hydrogen-bond donors (Lipinski definition) is 3. The van der Waals surface area contributed by atoms with Crippen molar-refractivity contribution in [3.05, 3.63) is 0 Å². The van der Waals surface area contributed by atoms with Gasteiger partial charge in [-0.15, -0.1) is 0 Å². The summed E-state index contributed by atoms with van der Waals surface area (Å²) < 4.78 is 0. The molecule has 0 aromatic carbocycles. The third-order valence-electron chi connectivity index (χ3n) is 2.36. The van der Waals surface area contributed by atoms with Crippen molar-refractivity contribution in [3.63, 3.8) is 0 Å². The number of carboxylic acid groups (broad SMARTS) is 4. The standard InChI is InChI=1S/C11H18N2O8.CH5N3.Fe.2H2O/c14-8(15)4-12(5-9(16)17)2-1-3-13(6-10(18)19)7-11(20)21;2-1(3)4;;;/h1-7H2,(H,14,15)(H,16,17)(H,18,19)(H,20,21);(H5,2,3,4);;2*1H2/q;;+5;;/p-3. The van der Waals surface area contributed by atoms with Crippen LogP contribution in [-0.4, -0.2) is 89.9 Å². The molecule has 0 atom stereocenters. The molecule has 16 heteroatoms. The molecule has 1 radical (unpaired) electrons. The average Bonchev–Trinajstić information content (AvgIpc) is 2.34. The summed E-state index contributed by atoms with van der Waals surface area (Å²) in [5, 5.41) is 46.3. The van der Waals surface area contributed by atoms with E-state index in [1.807, 2.05) is 0 Å². The zero-order valence-corrected chi connectivity index (χ0v) is 15.8. The number of hydrogen-bond acceptors (Lipinski definition) is 10. The van der Waals surface area contributed by atoms with Gasteiger partial charge in [-0.2, -0.15) is 0 Å². The summed E-state index contributed by atoms with van der Waals surface area (Å²) in [5.74, 6) is -5.98. The Morgan fingerprint density at radius 3 is 1.00 bits per heavy atom. The Morgan fingerprint density at radius 2 is 0.857 bits per heavy atom. The van der Waals surface area contributed by atoms with Crippen LogP contribution >= 0.6 is 0 Å². The molecule has 0 bridgehead atoms. The number of carboxylic acids is 4. The third kappa shape index (κ3) is 31.3. The van der Waals surface area contributed by atoms with Crippen LogP contribution in [0.4, 0.5) is 0 Å². The first-order valence-electron chi connectivity index (χ1n) is 6.81. The SMILES string of the molecule is NC(N)=[NH2+].O.O.O=C([O-])CN(CCCN(CC(=O)[O-])CC(=O)[O-])CC(=O)[O-].[Fe+5]. The molecule has 0 saturated carbocycles. The van der Waals surface area contributed by atoms with Crippen LogP contribution in [0.3, 0.4) is 0 Å². The van der Waals surface area contributed by atoms with E-state index in [0.717, 1.165) is 9.80 Å². The Hall–Kier alpha value is -2.49. The molecule has 0 aliphatic carbocycles. The van der Waals surface area contributed by atoms with E-state index in [4.69, 9.17) is 0 Å². The van der Waals surface area contributed by atoms with Crippen LogP contribution in [0.1, 0.15) is 6.42 Å². The maximum Gasteiger partial charge on any atom is 5.00 e. The topological polar surface area (TPSA) is 308 Å². The molecule has 0 aromatic rings. The quantitative estimate of drug-likeness (QED) is 0.141. The van der Waals surface area contributed by atoms with Crippen LogP contribution in [0.2, 0.25) is 0 Å². The minimum absolute atomic E-state index is 0. The van der Waals surface area contributed by atoms with Gasteiger partial charge in [-0.3, -0.25) is 26.7 Å². The molecule has 0 amide bonds. The fraction of sp³-hybridized carbons (Fsp3) is 0.583. The number of aliphatic carboxylic acids is 4. The number of carbonyl (C=O) groups is 4. The Balaban J connectivity index is -0.000000229. The van der Waals surface area contributed by atoms with Crippen molar-refractivity contribution in [1.29, 1.82) is 0 Å². The zero-order chi connectivity index (χ0) is 20.0. The van der Waals surface area contributed by atoms with Gasteiger partial charge < -0.3 is 50.6 Å². The molecule has 0 rings (SSSR count). The second-order valence-corrected chi connectivity index (χ2v) is 4.76. The predicted octanol–water partition coefficient (Wildman–Crippen LogP) is -11.7. The Labute approximate surface area is 170 Å². The molecule has 0 unspecified atom stereocenters. The Morgan fingerprint density at radius 1 is 0.679 bits per heavy atom. The van der Waals surface area contributed by atoms with Crippen LogP contribution in [0, 0.1) is 0 Å². The van der Waals surface area contributed by atoms with Gasteiger partial charge in [0.05, 0.1) is 23.9 Å². The number of carbonyl (C=O) groups excluding carboxylic acids is 4. The van der Waals surface area contributed by atoms with Crippen molar-refractivity contribution in [2.24, 2.45) is 11.5 Å². The third-order valence-corrected chi connectivity index (χ3v) is 2.36. The monoisotopic (exact) mass is 454 g/mol. The number of guanidine groups is 1. The van der Waals surface area contributed by atoms with Crippen LogP contribution in [0.5, 0.6) is 0 Å². The summed E-state index contributed by atoms with van der Waals surface area (Å²) in [4.78, 5) is 43.8. The van der Waals surface area contributed by atoms with E-state index >= 15 is 0 Å². The second-order valence-electron chi connectivity index (χ2n) is 4.76. The van der Waals surface area contributed by atoms with E-state index in [1.165, 1.54) is 0 Å². The molecule has 0 aromatic heterocycles. The fourth-order valence-corrected chi connectivity index (χ4v) is 1.68. The van der Waals surface area contributed by atoms with Gasteiger partial charge in [0.1, 0.15) is 0 Å². The van der Waals surface area contributed by atoms with Crippen LogP contribution in [-0.2, 0) is 36.2 Å². The molecule has 10 N–H and O–H groups in total. The van der Waals surface area contributed by atoms with Gasteiger partial charge in [0, 0.05) is 39.3 Å². The summed E-state index contributed by atoms with van der Waals surface area (Å²) >= 11 is 0. The van der Waals surface area contributed by atoms with Gasteiger partial charge >= 0.3 is 23.0 Å². The van der Waals surface area contributed by atoms with Gasteiger partial charge in [-0.1, -0.05) is 0 Å². The van der Waals surface area contributed by atoms with E-state index in [9.17, 15) is 39.6 Å². The number of nitrogens with zero attached hydrogens (tertiary/aromatic N) is 2. The molecule has 0 saturated heterocycles. The first kappa shape index (κ1) is 36.4. The van der Waals surface area contributed by atoms with Gasteiger partial charge in [-0.05, 0) is 6.42 Å². The van der Waals surface area contributed by atoms with Crippen molar-refractivity contribution in [2.75, 3.05) is 39.3 Å². The Kier molecular flexibility index (Phi) is 27.1. The summed E-state index contributed by atoms with van der Waals surface area (Å²) in [6, 6.07) is 0. The molecule has 0 fully saturated rings. The molecule has 0 spiro atoms. The second kappa shape index (κ2) is 20.8. The molecule has 0 aliphatic heterocycles. The van der Waals surface area contributed by atoms with E-state index in [2.05, 4.69) is 16.9 Å². The zero-order valence-electron chi connectivity index (χ0n) is 14.7. The van der Waals surface area contributed by atoms with E-state index in [-0.39, 0.29) is 53.5 Å². The molecular weight excluding hydrogens is 430 g/mol. The molecular formula is C12H24FeN5O10+2.